The molecule has 1 atom stereocenters. The van der Waals surface area contributed by atoms with Crippen molar-refractivity contribution in [1.82, 2.24) is 5.32 Å². The van der Waals surface area contributed by atoms with Crippen molar-refractivity contribution >= 4 is 11.6 Å². The first-order chi connectivity index (χ1) is 7.50. The number of benzene rings is 1. The number of aliphatic hydroxyl groups is 1. The fourth-order valence-corrected chi connectivity index (χ4v) is 1.56. The van der Waals surface area contributed by atoms with Crippen molar-refractivity contribution in [3.05, 3.63) is 34.3 Å². The predicted octanol–water partition coefficient (Wildman–Crippen LogP) is 2.90. The third-order valence-electron chi connectivity index (χ3n) is 3.08. The van der Waals surface area contributed by atoms with Gasteiger partial charge in [-0.1, -0.05) is 30.7 Å². The average Bonchev–Trinajstić information content (AvgIpc) is 2.30. The number of rotatable bonds is 5. The van der Waals surface area contributed by atoms with E-state index in [0.717, 1.165) is 29.1 Å². The minimum absolute atomic E-state index is 0.142. The van der Waals surface area contributed by atoms with Gasteiger partial charge in [0.05, 0.1) is 6.61 Å². The molecule has 1 aromatic carbocycles. The van der Waals surface area contributed by atoms with Gasteiger partial charge < -0.3 is 10.4 Å². The summed E-state index contributed by atoms with van der Waals surface area (Å²) in [4.78, 5) is 0. The summed E-state index contributed by atoms with van der Waals surface area (Å²) in [6.07, 6.45) is 0.892. The molecule has 2 N–H and O–H groups in total. The molecular formula is C13H20ClNO. The third-order valence-corrected chi connectivity index (χ3v) is 3.49. The Kier molecular flexibility index (Phi) is 4.78. The molecule has 1 aromatic rings. The van der Waals surface area contributed by atoms with E-state index in [-0.39, 0.29) is 12.1 Å². The van der Waals surface area contributed by atoms with Crippen LogP contribution in [0.15, 0.2) is 18.2 Å². The first-order valence-corrected chi connectivity index (χ1v) is 5.99. The molecule has 90 valence electrons. The molecule has 0 saturated heterocycles. The van der Waals surface area contributed by atoms with Crippen molar-refractivity contribution in [2.75, 3.05) is 6.61 Å². The zero-order valence-electron chi connectivity index (χ0n) is 10.2. The standard InChI is InChI=1S/C13H20ClNO/c1-4-13(3,9-16)15-8-11-6-5-10(2)12(14)7-11/h5-7,15-16H,4,8-9H2,1-3H3. The van der Waals surface area contributed by atoms with Crippen molar-refractivity contribution in [2.45, 2.75) is 39.3 Å². The van der Waals surface area contributed by atoms with Gasteiger partial charge >= 0.3 is 0 Å². The normalized spacial score (nSPS) is 14.8. The maximum Gasteiger partial charge on any atom is 0.0610 e. The Morgan fingerprint density at radius 3 is 2.62 bits per heavy atom. The largest absolute Gasteiger partial charge is 0.394 e. The van der Waals surface area contributed by atoms with E-state index in [0.29, 0.717) is 0 Å². The number of hydrogen-bond acceptors (Lipinski definition) is 2. The van der Waals surface area contributed by atoms with Crippen LogP contribution in [-0.2, 0) is 6.54 Å². The number of aliphatic hydroxyl groups excluding tert-OH is 1. The highest BCUT2D eigenvalue weighted by Gasteiger charge is 2.19. The van der Waals surface area contributed by atoms with Crippen LogP contribution >= 0.6 is 11.6 Å². The van der Waals surface area contributed by atoms with Crippen LogP contribution in [0.25, 0.3) is 0 Å². The van der Waals surface area contributed by atoms with Gasteiger partial charge in [-0.05, 0) is 37.5 Å². The first-order valence-electron chi connectivity index (χ1n) is 5.61. The van der Waals surface area contributed by atoms with Gasteiger partial charge in [-0.2, -0.15) is 0 Å². The molecule has 0 aliphatic carbocycles. The van der Waals surface area contributed by atoms with E-state index in [2.05, 4.69) is 18.3 Å². The van der Waals surface area contributed by atoms with E-state index in [1.165, 1.54) is 0 Å². The molecule has 0 aliphatic rings. The average molecular weight is 242 g/mol. The minimum atomic E-state index is -0.211. The van der Waals surface area contributed by atoms with Crippen molar-refractivity contribution < 1.29 is 5.11 Å². The Balaban J connectivity index is 2.64. The lowest BCUT2D eigenvalue weighted by Gasteiger charge is -2.27. The fourth-order valence-electron chi connectivity index (χ4n) is 1.35. The Bertz CT molecular complexity index is 348. The van der Waals surface area contributed by atoms with E-state index in [4.69, 9.17) is 11.6 Å². The summed E-state index contributed by atoms with van der Waals surface area (Å²) in [6.45, 7) is 6.94. The molecule has 0 aromatic heterocycles. The molecule has 0 bridgehead atoms. The highest BCUT2D eigenvalue weighted by Crippen LogP contribution is 2.17. The second kappa shape index (κ2) is 5.67. The van der Waals surface area contributed by atoms with Crippen LogP contribution in [0.4, 0.5) is 0 Å². The van der Waals surface area contributed by atoms with Gasteiger partial charge in [0, 0.05) is 17.1 Å². The van der Waals surface area contributed by atoms with Crippen molar-refractivity contribution in [3.63, 3.8) is 0 Å². The lowest BCUT2D eigenvalue weighted by atomic mass is 10.00. The zero-order valence-corrected chi connectivity index (χ0v) is 10.9. The maximum atomic E-state index is 9.27. The molecule has 1 rings (SSSR count). The smallest absolute Gasteiger partial charge is 0.0610 e. The highest BCUT2D eigenvalue weighted by atomic mass is 35.5. The summed E-state index contributed by atoms with van der Waals surface area (Å²) in [5.41, 5.74) is 2.02. The van der Waals surface area contributed by atoms with E-state index in [1.54, 1.807) is 0 Å². The monoisotopic (exact) mass is 241 g/mol. The van der Waals surface area contributed by atoms with Gasteiger partial charge in [0.2, 0.25) is 0 Å². The third kappa shape index (κ3) is 3.48. The van der Waals surface area contributed by atoms with Gasteiger partial charge in [0.15, 0.2) is 0 Å². The number of hydrogen-bond donors (Lipinski definition) is 2. The second-order valence-corrected chi connectivity index (χ2v) is 4.92. The molecule has 0 fully saturated rings. The maximum absolute atomic E-state index is 9.27. The van der Waals surface area contributed by atoms with Gasteiger partial charge in [0.25, 0.3) is 0 Å². The van der Waals surface area contributed by atoms with Gasteiger partial charge in [-0.25, -0.2) is 0 Å². The van der Waals surface area contributed by atoms with E-state index < -0.39 is 0 Å². The van der Waals surface area contributed by atoms with Crippen LogP contribution in [0.5, 0.6) is 0 Å². The lowest BCUT2D eigenvalue weighted by molar-refractivity contribution is 0.169. The second-order valence-electron chi connectivity index (χ2n) is 4.51. The Hall–Kier alpha value is -0.570. The number of nitrogens with one attached hydrogen (secondary N) is 1. The first kappa shape index (κ1) is 13.5. The van der Waals surface area contributed by atoms with Crippen LogP contribution in [0, 0.1) is 6.92 Å². The fraction of sp³-hybridized carbons (Fsp3) is 0.538. The molecule has 0 radical (unpaired) electrons. The molecule has 0 heterocycles. The van der Waals surface area contributed by atoms with Crippen LogP contribution in [0.2, 0.25) is 5.02 Å². The number of aryl methyl sites for hydroxylation is 1. The minimum Gasteiger partial charge on any atom is -0.394 e. The summed E-state index contributed by atoms with van der Waals surface area (Å²) in [6, 6.07) is 6.04. The van der Waals surface area contributed by atoms with Crippen LogP contribution in [-0.4, -0.2) is 17.3 Å². The summed E-state index contributed by atoms with van der Waals surface area (Å²) in [5.74, 6) is 0. The van der Waals surface area contributed by atoms with E-state index >= 15 is 0 Å². The van der Waals surface area contributed by atoms with E-state index in [1.807, 2.05) is 26.0 Å². The van der Waals surface area contributed by atoms with Crippen molar-refractivity contribution in [1.29, 1.82) is 0 Å². The van der Waals surface area contributed by atoms with Gasteiger partial charge in [-0.15, -0.1) is 0 Å². The summed E-state index contributed by atoms with van der Waals surface area (Å²) >= 11 is 6.05. The molecule has 0 spiro atoms. The predicted molar refractivity (Wildman–Crippen MR) is 68.8 cm³/mol. The van der Waals surface area contributed by atoms with Crippen LogP contribution < -0.4 is 5.32 Å². The molecule has 1 unspecified atom stereocenters. The zero-order chi connectivity index (χ0) is 12.2. The summed E-state index contributed by atoms with van der Waals surface area (Å²) in [7, 11) is 0. The Morgan fingerprint density at radius 1 is 1.44 bits per heavy atom. The molecule has 0 aliphatic heterocycles. The van der Waals surface area contributed by atoms with Gasteiger partial charge in [0.1, 0.15) is 0 Å². The summed E-state index contributed by atoms with van der Waals surface area (Å²) in [5, 5.41) is 13.4. The highest BCUT2D eigenvalue weighted by molar-refractivity contribution is 6.31. The molecule has 0 amide bonds. The lowest BCUT2D eigenvalue weighted by Crippen LogP contribution is -2.44. The number of halogens is 1. The SMILES string of the molecule is CCC(C)(CO)NCc1ccc(C)c(Cl)c1. The topological polar surface area (TPSA) is 32.3 Å². The van der Waals surface area contributed by atoms with Crippen molar-refractivity contribution in [3.8, 4) is 0 Å². The molecule has 3 heteroatoms. The molecule has 2 nitrogen and oxygen atoms in total. The van der Waals surface area contributed by atoms with Crippen molar-refractivity contribution in [2.24, 2.45) is 0 Å². The van der Waals surface area contributed by atoms with Crippen LogP contribution in [0.3, 0.4) is 0 Å². The van der Waals surface area contributed by atoms with Crippen LogP contribution in [0.1, 0.15) is 31.4 Å². The van der Waals surface area contributed by atoms with Gasteiger partial charge in [-0.3, -0.25) is 0 Å². The molecule has 0 saturated carbocycles. The Morgan fingerprint density at radius 2 is 2.12 bits per heavy atom. The Labute approximate surface area is 103 Å². The molecule has 16 heavy (non-hydrogen) atoms. The van der Waals surface area contributed by atoms with E-state index in [9.17, 15) is 5.11 Å². The quantitative estimate of drug-likeness (QED) is 0.831. The molecular weight excluding hydrogens is 222 g/mol. The summed E-state index contributed by atoms with van der Waals surface area (Å²) < 4.78 is 0.